The molecule has 0 aromatic heterocycles. The molecule has 590 valence electrons. The van der Waals surface area contributed by atoms with E-state index in [0.29, 0.717) is 38.5 Å². The molecular formula is C83H146O17P2. The highest BCUT2D eigenvalue weighted by Gasteiger charge is 2.30. The van der Waals surface area contributed by atoms with Crippen LogP contribution in [0.3, 0.4) is 0 Å². The molecule has 2 unspecified atom stereocenters. The number of carbonyl (C=O) groups excluding carboxylic acids is 4. The van der Waals surface area contributed by atoms with Crippen molar-refractivity contribution in [3.8, 4) is 0 Å². The van der Waals surface area contributed by atoms with E-state index in [1.165, 1.54) is 167 Å². The fourth-order valence-corrected chi connectivity index (χ4v) is 12.4. The number of unbranched alkanes of at least 4 members (excludes halogenated alkanes) is 34. The molecule has 0 rings (SSSR count). The Labute approximate surface area is 620 Å². The summed E-state index contributed by atoms with van der Waals surface area (Å²) >= 11 is 0. The molecule has 3 N–H and O–H groups in total. The predicted molar refractivity (Wildman–Crippen MR) is 418 cm³/mol. The van der Waals surface area contributed by atoms with Crippen molar-refractivity contribution in [2.24, 2.45) is 0 Å². The first kappa shape index (κ1) is 98.0. The van der Waals surface area contributed by atoms with Crippen LogP contribution in [0.5, 0.6) is 0 Å². The Hall–Kier alpha value is -4.02. The number of allylic oxidation sites excluding steroid dienone is 16. The lowest BCUT2D eigenvalue weighted by molar-refractivity contribution is -0.161. The molecule has 102 heavy (non-hydrogen) atoms. The molecule has 5 atom stereocenters. The van der Waals surface area contributed by atoms with E-state index in [9.17, 15) is 43.2 Å². The maximum Gasteiger partial charge on any atom is 0.472 e. The van der Waals surface area contributed by atoms with Gasteiger partial charge in [0.2, 0.25) is 0 Å². The number of aliphatic hydroxyl groups excluding tert-OH is 1. The van der Waals surface area contributed by atoms with Crippen molar-refractivity contribution in [1.82, 2.24) is 0 Å². The average molecular weight is 1480 g/mol. The van der Waals surface area contributed by atoms with Gasteiger partial charge in [-0.1, -0.05) is 318 Å². The van der Waals surface area contributed by atoms with Crippen LogP contribution in [0.2, 0.25) is 0 Å². The van der Waals surface area contributed by atoms with Gasteiger partial charge in [0.05, 0.1) is 26.4 Å². The predicted octanol–water partition coefficient (Wildman–Crippen LogP) is 23.6. The first-order valence-electron chi connectivity index (χ1n) is 40.5. The van der Waals surface area contributed by atoms with Crippen LogP contribution in [0.15, 0.2) is 97.2 Å². The fraction of sp³-hybridized carbons (Fsp3) is 0.759. The molecule has 0 radical (unpaired) electrons. The van der Waals surface area contributed by atoms with Crippen LogP contribution in [-0.2, 0) is 65.4 Å². The Morgan fingerprint density at radius 3 is 0.765 bits per heavy atom. The molecule has 0 bridgehead atoms. The number of ether oxygens (including phenoxy) is 4. The molecule has 0 fully saturated rings. The van der Waals surface area contributed by atoms with E-state index < -0.39 is 97.5 Å². The second-order valence-electron chi connectivity index (χ2n) is 27.0. The zero-order chi connectivity index (χ0) is 74.6. The molecule has 0 saturated heterocycles. The Balaban J connectivity index is 5.44. The van der Waals surface area contributed by atoms with E-state index in [-0.39, 0.29) is 25.7 Å². The molecule has 0 aliphatic carbocycles. The Kier molecular flexibility index (Phi) is 72.3. The molecule has 0 spiro atoms. The van der Waals surface area contributed by atoms with E-state index in [1.54, 1.807) is 0 Å². The maximum atomic E-state index is 13.1. The smallest absolute Gasteiger partial charge is 0.462 e. The van der Waals surface area contributed by atoms with Gasteiger partial charge in [-0.2, -0.15) is 0 Å². The summed E-state index contributed by atoms with van der Waals surface area (Å²) < 4.78 is 68.5. The number of rotatable bonds is 76. The third-order valence-electron chi connectivity index (χ3n) is 17.1. The molecule has 19 heteroatoms. The lowest BCUT2D eigenvalue weighted by Gasteiger charge is -2.21. The van der Waals surface area contributed by atoms with Crippen LogP contribution >= 0.6 is 15.6 Å². The molecule has 0 aromatic carbocycles. The van der Waals surface area contributed by atoms with E-state index in [0.717, 1.165) is 89.9 Å². The highest BCUT2D eigenvalue weighted by atomic mass is 31.2. The number of carbonyl (C=O) groups is 4. The number of phosphoric acid groups is 2. The van der Waals surface area contributed by atoms with E-state index >= 15 is 0 Å². The summed E-state index contributed by atoms with van der Waals surface area (Å²) in [6.45, 7) is 4.74. The lowest BCUT2D eigenvalue weighted by Crippen LogP contribution is -2.30. The summed E-state index contributed by atoms with van der Waals surface area (Å²) in [5, 5.41) is 10.6. The Morgan fingerprint density at radius 1 is 0.275 bits per heavy atom. The van der Waals surface area contributed by atoms with Crippen molar-refractivity contribution >= 4 is 39.5 Å². The first-order chi connectivity index (χ1) is 49.7. The summed E-state index contributed by atoms with van der Waals surface area (Å²) in [4.78, 5) is 73.0. The van der Waals surface area contributed by atoms with Gasteiger partial charge in [-0.05, 0) is 103 Å². The minimum Gasteiger partial charge on any atom is -0.462 e. The van der Waals surface area contributed by atoms with Gasteiger partial charge < -0.3 is 33.8 Å². The normalized spacial score (nSPS) is 14.4. The van der Waals surface area contributed by atoms with Crippen molar-refractivity contribution in [3.05, 3.63) is 97.2 Å². The highest BCUT2D eigenvalue weighted by Crippen LogP contribution is 2.45. The van der Waals surface area contributed by atoms with Gasteiger partial charge in [0.15, 0.2) is 12.2 Å². The zero-order valence-electron chi connectivity index (χ0n) is 64.5. The summed E-state index contributed by atoms with van der Waals surface area (Å²) in [5.74, 6) is -2.28. The van der Waals surface area contributed by atoms with Crippen molar-refractivity contribution in [1.29, 1.82) is 0 Å². The summed E-state index contributed by atoms with van der Waals surface area (Å²) in [6, 6.07) is 0. The standard InChI is InChI=1S/C83H146O17P2/c1-5-9-13-17-21-25-29-33-36-38-41-45-49-53-57-61-65-69-82(87)99-78(73-93-80(85)67-63-59-55-51-47-43-32-28-24-20-16-12-8-4)75-97-101(89,90)95-71-77(84)72-96-102(91,92)98-76-79(74-94-81(86)68-64-60-56-52-48-44-40-35-31-27-23-19-15-11-7-3)100-83(88)70-66-62-58-54-50-46-42-39-37-34-30-26-22-18-14-10-6-2/h21-22,25-26,33-34,36-37,41-42,45-46,53-54,57-58,77-79,84H,5-20,23-24,27-32,35,38-40,43-44,47-52,55-56,59-76H2,1-4H3,(H,89,90)(H,91,92)/b25-21-,26-22-,36-33-,37-34-,45-41-,46-42-,57-53-,58-54-/t77-,78+,79+/m0/s1. The summed E-state index contributed by atoms with van der Waals surface area (Å²) in [6.07, 6.45) is 79.7. The molecule has 0 aromatic rings. The third kappa shape index (κ3) is 74.3. The number of hydrogen-bond acceptors (Lipinski definition) is 15. The fourth-order valence-electron chi connectivity index (χ4n) is 10.9. The van der Waals surface area contributed by atoms with Crippen molar-refractivity contribution in [2.75, 3.05) is 39.6 Å². The molecule has 0 aliphatic rings. The molecule has 0 aliphatic heterocycles. The average Bonchev–Trinajstić information content (AvgIpc) is 1.01. The van der Waals surface area contributed by atoms with Crippen LogP contribution in [0, 0.1) is 0 Å². The van der Waals surface area contributed by atoms with Crippen molar-refractivity contribution < 1.29 is 80.2 Å². The van der Waals surface area contributed by atoms with Crippen LogP contribution in [-0.4, -0.2) is 96.7 Å². The highest BCUT2D eigenvalue weighted by molar-refractivity contribution is 7.47. The number of esters is 4. The Morgan fingerprint density at radius 2 is 0.490 bits per heavy atom. The molecule has 17 nitrogen and oxygen atoms in total. The Bertz CT molecular complexity index is 2310. The van der Waals surface area contributed by atoms with Crippen LogP contribution in [0.1, 0.15) is 349 Å². The van der Waals surface area contributed by atoms with Gasteiger partial charge in [-0.25, -0.2) is 9.13 Å². The quantitative estimate of drug-likeness (QED) is 0.0169. The summed E-state index contributed by atoms with van der Waals surface area (Å²) in [7, 11) is -9.98. The number of aliphatic hydroxyl groups is 1. The van der Waals surface area contributed by atoms with Gasteiger partial charge in [0.25, 0.3) is 0 Å². The zero-order valence-corrected chi connectivity index (χ0v) is 66.3. The van der Waals surface area contributed by atoms with Gasteiger partial charge in [0.1, 0.15) is 19.3 Å². The molecule has 0 heterocycles. The second kappa shape index (κ2) is 75.2. The van der Waals surface area contributed by atoms with E-state index in [2.05, 4.69) is 101 Å². The van der Waals surface area contributed by atoms with Gasteiger partial charge in [0, 0.05) is 25.7 Å². The number of phosphoric ester groups is 2. The first-order valence-corrected chi connectivity index (χ1v) is 43.5. The maximum absolute atomic E-state index is 13.1. The molecule has 0 saturated carbocycles. The number of hydrogen-bond donors (Lipinski definition) is 3. The lowest BCUT2D eigenvalue weighted by atomic mass is 10.0. The minimum absolute atomic E-state index is 0.0199. The van der Waals surface area contributed by atoms with E-state index in [4.69, 9.17) is 37.0 Å². The van der Waals surface area contributed by atoms with Crippen molar-refractivity contribution in [2.45, 2.75) is 367 Å². The SMILES string of the molecule is CCCCC/C=C\C/C=C\C/C=C\C/C=C\CCCC(=O)O[C@H](COC(=O)CCCCCCCCCCCCCCC)COP(=O)(O)OC[C@H](O)COP(=O)(O)OC[C@@H](COC(=O)CCCCCCCCCCCCCCCCC)OC(=O)CCC/C=C\C/C=C\C/C=C\C/C=C\CCCCC. The second-order valence-corrected chi connectivity index (χ2v) is 29.9. The largest absolute Gasteiger partial charge is 0.472 e. The minimum atomic E-state index is -4.99. The summed E-state index contributed by atoms with van der Waals surface area (Å²) in [5.41, 5.74) is 0. The monoisotopic (exact) mass is 1480 g/mol. The van der Waals surface area contributed by atoms with E-state index in [1.807, 2.05) is 24.3 Å². The molecule has 0 amide bonds. The van der Waals surface area contributed by atoms with Gasteiger partial charge in [-0.15, -0.1) is 0 Å². The topological polar surface area (TPSA) is 237 Å². The van der Waals surface area contributed by atoms with Gasteiger partial charge >= 0.3 is 39.5 Å². The third-order valence-corrected chi connectivity index (χ3v) is 19.0. The van der Waals surface area contributed by atoms with Crippen LogP contribution < -0.4 is 0 Å². The van der Waals surface area contributed by atoms with Crippen LogP contribution in [0.4, 0.5) is 0 Å². The van der Waals surface area contributed by atoms with Crippen molar-refractivity contribution in [3.63, 3.8) is 0 Å². The molecular weight excluding hydrogens is 1330 g/mol. The van der Waals surface area contributed by atoms with Gasteiger partial charge in [-0.3, -0.25) is 37.3 Å². The van der Waals surface area contributed by atoms with Crippen LogP contribution in [0.25, 0.3) is 0 Å².